The first kappa shape index (κ1) is 23.7. The molecule has 3 N–H and O–H groups in total. The van der Waals surface area contributed by atoms with E-state index in [2.05, 4.69) is 23.3 Å². The highest BCUT2D eigenvalue weighted by molar-refractivity contribution is 6.35. The Morgan fingerprint density at radius 3 is 2.88 bits per heavy atom. The summed E-state index contributed by atoms with van der Waals surface area (Å²) in [5.41, 5.74) is 7.81. The number of hydrogen-bond acceptors (Lipinski definition) is 8. The maximum Gasteiger partial charge on any atom is 0.323 e. The van der Waals surface area contributed by atoms with Crippen molar-refractivity contribution >= 4 is 29.0 Å². The molecule has 2 aromatic heterocycles. The first-order valence-corrected chi connectivity index (χ1v) is 12.0. The summed E-state index contributed by atoms with van der Waals surface area (Å²) in [5, 5.41) is 18.2. The lowest BCUT2D eigenvalue weighted by atomic mass is 9.64. The molecule has 0 unspecified atom stereocenters. The van der Waals surface area contributed by atoms with Gasteiger partial charge in [0.05, 0.1) is 35.1 Å². The third-order valence-corrected chi connectivity index (χ3v) is 7.49. The fourth-order valence-corrected chi connectivity index (χ4v) is 4.95. The lowest BCUT2D eigenvalue weighted by Gasteiger charge is -2.41. The van der Waals surface area contributed by atoms with E-state index >= 15 is 0 Å². The molecule has 9 nitrogen and oxygen atoms in total. The number of nitrogens with two attached hydrogens (primary N) is 1. The van der Waals surface area contributed by atoms with Crippen molar-refractivity contribution in [3.63, 3.8) is 0 Å². The molecule has 10 heteroatoms. The zero-order chi connectivity index (χ0) is 23.8. The van der Waals surface area contributed by atoms with Gasteiger partial charge < -0.3 is 20.5 Å². The first-order chi connectivity index (χ1) is 15.8. The molecule has 2 aromatic rings. The molecule has 3 heterocycles. The Morgan fingerprint density at radius 1 is 1.52 bits per heavy atom. The second-order valence-corrected chi connectivity index (χ2v) is 9.75. The normalized spacial score (nSPS) is 23.1. The Bertz CT molecular complexity index is 1070. The highest BCUT2D eigenvalue weighted by Gasteiger charge is 2.43. The van der Waals surface area contributed by atoms with Gasteiger partial charge in [0.1, 0.15) is 23.7 Å². The molecular weight excluding hydrogens is 444 g/mol. The zero-order valence-corrected chi connectivity index (χ0v) is 20.1. The number of halogens is 1. The second kappa shape index (κ2) is 9.45. The van der Waals surface area contributed by atoms with Gasteiger partial charge in [-0.3, -0.25) is 4.79 Å². The fourth-order valence-electron chi connectivity index (χ4n) is 4.69. The van der Waals surface area contributed by atoms with Gasteiger partial charge in [-0.2, -0.15) is 5.26 Å². The van der Waals surface area contributed by atoms with Crippen molar-refractivity contribution in [2.75, 3.05) is 18.5 Å². The van der Waals surface area contributed by atoms with Crippen LogP contribution < -0.4 is 11.1 Å². The summed E-state index contributed by atoms with van der Waals surface area (Å²) >= 11 is 6.56. The van der Waals surface area contributed by atoms with Crippen LogP contribution in [0.2, 0.25) is 5.02 Å². The summed E-state index contributed by atoms with van der Waals surface area (Å²) in [5.74, 6) is -0.0916. The molecule has 0 spiro atoms. The van der Waals surface area contributed by atoms with Crippen molar-refractivity contribution in [2.24, 2.45) is 11.7 Å². The summed E-state index contributed by atoms with van der Waals surface area (Å²) in [6.45, 7) is 6.69. The summed E-state index contributed by atoms with van der Waals surface area (Å²) in [6.07, 6.45) is 5.78. The average Bonchev–Trinajstić information content (AvgIpc) is 3.05. The smallest absolute Gasteiger partial charge is 0.323 e. The largest absolute Gasteiger partial charge is 0.457 e. The van der Waals surface area contributed by atoms with Gasteiger partial charge in [0.15, 0.2) is 0 Å². The van der Waals surface area contributed by atoms with Crippen molar-refractivity contribution in [2.45, 2.75) is 76.5 Å². The Balaban J connectivity index is 1.63. The molecule has 33 heavy (non-hydrogen) atoms. The van der Waals surface area contributed by atoms with Gasteiger partial charge in [-0.1, -0.05) is 38.8 Å². The van der Waals surface area contributed by atoms with Gasteiger partial charge >= 0.3 is 5.97 Å². The van der Waals surface area contributed by atoms with Gasteiger partial charge in [0.2, 0.25) is 5.95 Å². The van der Waals surface area contributed by atoms with Crippen LogP contribution in [0.25, 0.3) is 5.52 Å². The van der Waals surface area contributed by atoms with E-state index in [0.29, 0.717) is 35.1 Å². The van der Waals surface area contributed by atoms with E-state index in [0.717, 1.165) is 31.4 Å². The van der Waals surface area contributed by atoms with Crippen LogP contribution in [-0.2, 0) is 19.7 Å². The number of aromatic nitrogens is 3. The van der Waals surface area contributed by atoms with Gasteiger partial charge in [0, 0.05) is 12.0 Å². The van der Waals surface area contributed by atoms with Gasteiger partial charge in [-0.15, -0.1) is 5.10 Å². The van der Waals surface area contributed by atoms with Gasteiger partial charge in [-0.05, 0) is 31.6 Å². The molecule has 178 valence electrons. The number of rotatable bonds is 7. The zero-order valence-electron chi connectivity index (χ0n) is 19.3. The second-order valence-electron chi connectivity index (χ2n) is 9.38. The maximum atomic E-state index is 12.4. The van der Waals surface area contributed by atoms with Crippen molar-refractivity contribution < 1.29 is 14.3 Å². The highest BCUT2D eigenvalue weighted by atomic mass is 35.5. The molecule has 1 aliphatic carbocycles. The number of carbonyl (C=O) groups excluding carboxylic acids is 1. The van der Waals surface area contributed by atoms with Crippen molar-refractivity contribution in [1.29, 1.82) is 5.26 Å². The van der Waals surface area contributed by atoms with E-state index < -0.39 is 18.1 Å². The van der Waals surface area contributed by atoms with E-state index in [1.165, 1.54) is 0 Å². The summed E-state index contributed by atoms with van der Waals surface area (Å²) in [4.78, 5) is 16.9. The molecule has 1 aliphatic heterocycles. The average molecular weight is 475 g/mol. The minimum atomic E-state index is -0.693. The number of carbonyl (C=O) groups is 1. The van der Waals surface area contributed by atoms with E-state index in [-0.39, 0.29) is 24.0 Å². The molecule has 2 aliphatic rings. The number of nitrogens with zero attached hydrogens (tertiary/aromatic N) is 4. The summed E-state index contributed by atoms with van der Waals surface area (Å²) in [7, 11) is 0. The van der Waals surface area contributed by atoms with E-state index in [1.807, 2.05) is 13.8 Å². The monoisotopic (exact) mass is 474 g/mol. The predicted molar refractivity (Wildman–Crippen MR) is 124 cm³/mol. The van der Waals surface area contributed by atoms with Crippen molar-refractivity contribution in [3.05, 3.63) is 22.5 Å². The van der Waals surface area contributed by atoms with Crippen LogP contribution in [0.1, 0.15) is 64.1 Å². The molecular formula is C23H31ClN6O3. The molecule has 0 amide bonds. The molecule has 0 radical (unpaired) electrons. The van der Waals surface area contributed by atoms with E-state index in [9.17, 15) is 10.1 Å². The van der Waals surface area contributed by atoms with Crippen LogP contribution in [0.5, 0.6) is 0 Å². The summed E-state index contributed by atoms with van der Waals surface area (Å²) < 4.78 is 13.0. The lowest BCUT2D eigenvalue weighted by molar-refractivity contribution is -0.158. The molecule has 4 rings (SSSR count). The Kier molecular flexibility index (Phi) is 6.80. The molecule has 3 atom stereocenters. The minimum Gasteiger partial charge on any atom is -0.457 e. The highest BCUT2D eigenvalue weighted by Crippen LogP contribution is 2.49. The van der Waals surface area contributed by atoms with Crippen LogP contribution in [0.3, 0.4) is 0 Å². The number of esters is 1. The summed E-state index contributed by atoms with van der Waals surface area (Å²) in [6, 6.07) is 1.36. The van der Waals surface area contributed by atoms with Gasteiger partial charge in [0.25, 0.3) is 0 Å². The number of ether oxygens (including phenoxy) is 2. The minimum absolute atomic E-state index is 0.0252. The number of nitriles is 1. The maximum absolute atomic E-state index is 12.4. The van der Waals surface area contributed by atoms with Crippen LogP contribution >= 0.6 is 11.6 Å². The third-order valence-electron chi connectivity index (χ3n) is 7.10. The Morgan fingerprint density at radius 2 is 2.27 bits per heavy atom. The van der Waals surface area contributed by atoms with Crippen molar-refractivity contribution in [3.8, 4) is 6.07 Å². The molecule has 1 saturated carbocycles. The quantitative estimate of drug-likeness (QED) is 0.585. The molecule has 0 bridgehead atoms. The number of anilines is 1. The Labute approximate surface area is 198 Å². The fraction of sp³-hybridized carbons (Fsp3) is 0.652. The van der Waals surface area contributed by atoms with E-state index in [4.69, 9.17) is 31.9 Å². The van der Waals surface area contributed by atoms with E-state index in [1.54, 1.807) is 10.7 Å². The topological polar surface area (TPSA) is 128 Å². The SMILES string of the molecule is CCC1(c2c(C#N)c(Cl)c3cnc(N[C@@H]4CCOC[C@H]4OC(=O)[C@@H](N)C(C)C)nn23)CCC1. The molecule has 1 saturated heterocycles. The van der Waals surface area contributed by atoms with Crippen LogP contribution in [0, 0.1) is 17.2 Å². The standard InChI is InChI=1S/C23H31ClN6O3/c1-4-23(7-5-8-23)20-14(10-25)18(24)16-11-27-22(29-30(16)20)28-15-6-9-32-12-17(15)33-21(31)19(26)13(2)3/h11,13,15,17,19H,4-9,12,26H2,1-3H3,(H,28,29)/t15-,17-,19+/m1/s1. The number of fused-ring (bicyclic) bond motifs is 1. The van der Waals surface area contributed by atoms with Crippen LogP contribution in [-0.4, -0.2) is 52.0 Å². The van der Waals surface area contributed by atoms with Crippen LogP contribution in [0.15, 0.2) is 6.20 Å². The molecule has 2 fully saturated rings. The first-order valence-electron chi connectivity index (χ1n) is 11.6. The van der Waals surface area contributed by atoms with Crippen molar-refractivity contribution in [1.82, 2.24) is 14.6 Å². The van der Waals surface area contributed by atoms with Gasteiger partial charge in [-0.25, -0.2) is 9.50 Å². The Hall–Kier alpha value is -2.41. The molecule has 0 aromatic carbocycles. The van der Waals surface area contributed by atoms with Crippen LogP contribution in [0.4, 0.5) is 5.95 Å². The third kappa shape index (κ3) is 4.27. The number of hydrogen-bond donors (Lipinski definition) is 2. The predicted octanol–water partition coefficient (Wildman–Crippen LogP) is 3.18. The number of nitrogens with one attached hydrogen (secondary N) is 1. The lowest BCUT2D eigenvalue weighted by Crippen LogP contribution is -2.48.